The second-order valence-electron chi connectivity index (χ2n) is 4.34. The van der Waals surface area contributed by atoms with Gasteiger partial charge in [-0.25, -0.2) is 9.48 Å². The number of rotatable bonds is 2. The van der Waals surface area contributed by atoms with Crippen molar-refractivity contribution in [3.05, 3.63) is 5.69 Å². The fraction of sp³-hybridized carbons (Fsp3) is 0.700. The van der Waals surface area contributed by atoms with Crippen LogP contribution in [0.25, 0.3) is 0 Å². The zero-order valence-corrected chi connectivity index (χ0v) is 9.14. The normalized spacial score (nSPS) is 23.4. The fourth-order valence-corrected chi connectivity index (χ4v) is 2.30. The number of esters is 1. The second-order valence-corrected chi connectivity index (χ2v) is 4.34. The van der Waals surface area contributed by atoms with Crippen molar-refractivity contribution >= 4 is 11.8 Å². The number of carbonyl (C=O) groups is 1. The Bertz CT molecular complexity index is 424. The Morgan fingerprint density at radius 2 is 2.31 bits per heavy atom. The van der Waals surface area contributed by atoms with E-state index in [-0.39, 0.29) is 0 Å². The number of nitrogens with one attached hydrogen (secondary N) is 1. The number of fused-ring (bicyclic) bond motifs is 1. The molecule has 1 aromatic rings. The summed E-state index contributed by atoms with van der Waals surface area (Å²) in [5.41, 5.74) is 0.299. The van der Waals surface area contributed by atoms with Gasteiger partial charge in [-0.15, -0.1) is 5.10 Å². The van der Waals surface area contributed by atoms with Crippen molar-refractivity contribution in [1.29, 1.82) is 0 Å². The molecule has 16 heavy (non-hydrogen) atoms. The Hall–Kier alpha value is -1.59. The first kappa shape index (κ1) is 9.62. The predicted octanol–water partition coefficient (Wildman–Crippen LogP) is 0.831. The van der Waals surface area contributed by atoms with Gasteiger partial charge >= 0.3 is 5.97 Å². The third-order valence-electron chi connectivity index (χ3n) is 3.29. The molecule has 1 saturated carbocycles. The average molecular weight is 222 g/mol. The minimum Gasteiger partial charge on any atom is -0.464 e. The number of anilines is 1. The van der Waals surface area contributed by atoms with Crippen molar-refractivity contribution in [3.63, 3.8) is 0 Å². The molecule has 1 aromatic heterocycles. The van der Waals surface area contributed by atoms with Gasteiger partial charge in [-0.2, -0.15) is 0 Å². The maximum atomic E-state index is 11.5. The number of nitrogens with zero attached hydrogens (tertiary/aromatic N) is 3. The summed E-state index contributed by atoms with van der Waals surface area (Å²) in [6.45, 7) is 0.874. The highest BCUT2D eigenvalue weighted by Crippen LogP contribution is 2.44. The number of ether oxygens (including phenoxy) is 1. The molecule has 1 atom stereocenters. The van der Waals surface area contributed by atoms with Crippen LogP contribution in [0.5, 0.6) is 0 Å². The second kappa shape index (κ2) is 3.47. The number of hydrogen-bond acceptors (Lipinski definition) is 5. The standard InChI is InChI=1S/C10H14N4O2/c1-16-10(15)8-9-11-5-4-7(6-2-3-6)14(9)13-12-8/h6-7,11H,2-5H2,1H3. The minimum absolute atomic E-state index is 0.299. The molecule has 2 aliphatic rings. The van der Waals surface area contributed by atoms with Crippen LogP contribution in [0.15, 0.2) is 0 Å². The van der Waals surface area contributed by atoms with Crippen LogP contribution in [-0.2, 0) is 4.74 Å². The van der Waals surface area contributed by atoms with Crippen molar-refractivity contribution in [1.82, 2.24) is 15.0 Å². The van der Waals surface area contributed by atoms with Crippen molar-refractivity contribution in [2.45, 2.75) is 25.3 Å². The molecule has 0 amide bonds. The molecular formula is C10H14N4O2. The topological polar surface area (TPSA) is 69.0 Å². The smallest absolute Gasteiger partial charge is 0.362 e. The van der Waals surface area contributed by atoms with Crippen LogP contribution in [0.1, 0.15) is 35.8 Å². The van der Waals surface area contributed by atoms with Crippen LogP contribution in [0.3, 0.4) is 0 Å². The van der Waals surface area contributed by atoms with Crippen LogP contribution in [0.4, 0.5) is 5.82 Å². The van der Waals surface area contributed by atoms with E-state index in [1.54, 1.807) is 0 Å². The first-order valence-corrected chi connectivity index (χ1v) is 5.58. The molecule has 0 radical (unpaired) electrons. The van der Waals surface area contributed by atoms with Crippen LogP contribution in [-0.4, -0.2) is 34.6 Å². The highest BCUT2D eigenvalue weighted by Gasteiger charge is 2.37. The summed E-state index contributed by atoms with van der Waals surface area (Å²) >= 11 is 0. The van der Waals surface area contributed by atoms with Crippen LogP contribution >= 0.6 is 0 Å². The molecule has 3 rings (SSSR count). The molecular weight excluding hydrogens is 208 g/mol. The summed E-state index contributed by atoms with van der Waals surface area (Å²) in [6, 6.07) is 0.405. The summed E-state index contributed by atoms with van der Waals surface area (Å²) in [7, 11) is 1.36. The Morgan fingerprint density at radius 3 is 3.00 bits per heavy atom. The van der Waals surface area contributed by atoms with E-state index in [1.807, 2.05) is 4.68 Å². The molecule has 1 unspecified atom stereocenters. The zero-order valence-electron chi connectivity index (χ0n) is 9.14. The zero-order chi connectivity index (χ0) is 11.1. The summed E-state index contributed by atoms with van der Waals surface area (Å²) in [5.74, 6) is 1.01. The van der Waals surface area contributed by atoms with Gasteiger partial charge in [-0.3, -0.25) is 0 Å². The molecule has 0 bridgehead atoms. The number of carbonyl (C=O) groups excluding carboxylic acids is 1. The van der Waals surface area contributed by atoms with Gasteiger partial charge in [-0.05, 0) is 25.2 Å². The Balaban J connectivity index is 1.97. The number of hydrogen-bond donors (Lipinski definition) is 1. The van der Waals surface area contributed by atoms with E-state index in [1.165, 1.54) is 20.0 Å². The van der Waals surface area contributed by atoms with Crippen molar-refractivity contribution < 1.29 is 9.53 Å². The van der Waals surface area contributed by atoms with E-state index in [4.69, 9.17) is 0 Å². The lowest BCUT2D eigenvalue weighted by Gasteiger charge is -2.24. The van der Waals surface area contributed by atoms with Gasteiger partial charge in [0.25, 0.3) is 0 Å². The van der Waals surface area contributed by atoms with Gasteiger partial charge in [0.05, 0.1) is 13.2 Å². The van der Waals surface area contributed by atoms with E-state index in [0.717, 1.165) is 18.8 Å². The van der Waals surface area contributed by atoms with Crippen LogP contribution < -0.4 is 5.32 Å². The molecule has 2 heterocycles. The lowest BCUT2D eigenvalue weighted by molar-refractivity contribution is 0.0595. The monoisotopic (exact) mass is 222 g/mol. The molecule has 1 aliphatic heterocycles. The summed E-state index contributed by atoms with van der Waals surface area (Å²) in [6.07, 6.45) is 3.58. The van der Waals surface area contributed by atoms with E-state index >= 15 is 0 Å². The number of aromatic nitrogens is 3. The van der Waals surface area contributed by atoms with E-state index in [9.17, 15) is 4.79 Å². The van der Waals surface area contributed by atoms with Gasteiger partial charge in [0.2, 0.25) is 5.69 Å². The van der Waals surface area contributed by atoms with E-state index < -0.39 is 5.97 Å². The van der Waals surface area contributed by atoms with Crippen LogP contribution in [0.2, 0.25) is 0 Å². The Labute approximate surface area is 93.0 Å². The lowest BCUT2D eigenvalue weighted by atomic mass is 10.1. The molecule has 1 N–H and O–H groups in total. The van der Waals surface area contributed by atoms with E-state index in [2.05, 4.69) is 20.4 Å². The molecule has 86 valence electrons. The maximum absolute atomic E-state index is 11.5. The Morgan fingerprint density at radius 1 is 1.50 bits per heavy atom. The Kier molecular flexibility index (Phi) is 2.08. The molecule has 0 saturated heterocycles. The third kappa shape index (κ3) is 1.36. The molecule has 1 fully saturated rings. The molecule has 0 spiro atoms. The number of methoxy groups -OCH3 is 1. The third-order valence-corrected chi connectivity index (χ3v) is 3.29. The molecule has 6 nitrogen and oxygen atoms in total. The van der Waals surface area contributed by atoms with Crippen molar-refractivity contribution in [3.8, 4) is 0 Å². The van der Waals surface area contributed by atoms with Gasteiger partial charge < -0.3 is 10.1 Å². The first-order valence-electron chi connectivity index (χ1n) is 5.58. The van der Waals surface area contributed by atoms with Gasteiger partial charge in [0.1, 0.15) is 0 Å². The first-order chi connectivity index (χ1) is 7.81. The highest BCUT2D eigenvalue weighted by atomic mass is 16.5. The van der Waals surface area contributed by atoms with Crippen LogP contribution in [0, 0.1) is 5.92 Å². The largest absolute Gasteiger partial charge is 0.464 e. The van der Waals surface area contributed by atoms with E-state index in [0.29, 0.717) is 17.7 Å². The predicted molar refractivity (Wildman–Crippen MR) is 56.2 cm³/mol. The quantitative estimate of drug-likeness (QED) is 0.751. The van der Waals surface area contributed by atoms with Crippen molar-refractivity contribution in [2.24, 2.45) is 5.92 Å². The van der Waals surface area contributed by atoms with Crippen molar-refractivity contribution in [2.75, 3.05) is 19.0 Å². The minimum atomic E-state index is -0.426. The maximum Gasteiger partial charge on any atom is 0.362 e. The summed E-state index contributed by atoms with van der Waals surface area (Å²) in [4.78, 5) is 11.5. The molecule has 6 heteroatoms. The average Bonchev–Trinajstić information content (AvgIpc) is 3.07. The molecule has 1 aliphatic carbocycles. The van der Waals surface area contributed by atoms with Gasteiger partial charge in [-0.1, -0.05) is 5.21 Å². The molecule has 0 aromatic carbocycles. The summed E-state index contributed by atoms with van der Waals surface area (Å²) < 4.78 is 6.53. The van der Waals surface area contributed by atoms with Gasteiger partial charge in [0, 0.05) is 6.54 Å². The highest BCUT2D eigenvalue weighted by molar-refractivity contribution is 5.92. The summed E-state index contributed by atoms with van der Waals surface area (Å²) in [5, 5.41) is 11.2. The SMILES string of the molecule is COC(=O)c1nnn2c1NCCC2C1CC1. The lowest BCUT2D eigenvalue weighted by Crippen LogP contribution is -2.25. The van der Waals surface area contributed by atoms with Gasteiger partial charge in [0.15, 0.2) is 5.82 Å². The fourth-order valence-electron chi connectivity index (χ4n) is 2.30.